The zero-order chi connectivity index (χ0) is 16.8. The van der Waals surface area contributed by atoms with Gasteiger partial charge >= 0.3 is 6.03 Å². The topological polar surface area (TPSA) is 61.4 Å². The van der Waals surface area contributed by atoms with Crippen molar-refractivity contribution in [3.05, 3.63) is 11.8 Å². The molecule has 2 N–H and O–H groups in total. The van der Waals surface area contributed by atoms with E-state index < -0.39 is 0 Å². The van der Waals surface area contributed by atoms with Crippen molar-refractivity contribution in [3.63, 3.8) is 0 Å². The van der Waals surface area contributed by atoms with Crippen molar-refractivity contribution in [1.82, 2.24) is 15.5 Å². The number of hydrogen-bond donors (Lipinski definition) is 2. The van der Waals surface area contributed by atoms with Gasteiger partial charge in [-0.15, -0.1) is 0 Å². The van der Waals surface area contributed by atoms with Crippen molar-refractivity contribution < 1.29 is 9.59 Å². The van der Waals surface area contributed by atoms with E-state index in [1.807, 2.05) is 4.90 Å². The van der Waals surface area contributed by atoms with Crippen LogP contribution in [0.2, 0.25) is 0 Å². The van der Waals surface area contributed by atoms with E-state index >= 15 is 0 Å². The first-order chi connectivity index (χ1) is 11.7. The van der Waals surface area contributed by atoms with Crippen molar-refractivity contribution in [2.24, 2.45) is 5.92 Å². The molecule has 0 bridgehead atoms. The van der Waals surface area contributed by atoms with E-state index in [1.54, 1.807) is 0 Å². The van der Waals surface area contributed by atoms with Crippen LogP contribution in [0, 0.1) is 5.92 Å². The molecule has 1 aliphatic heterocycles. The molecular weight excluding hydrogens is 302 g/mol. The van der Waals surface area contributed by atoms with Crippen LogP contribution in [0.4, 0.5) is 4.79 Å². The Morgan fingerprint density at radius 2 is 1.83 bits per heavy atom. The van der Waals surface area contributed by atoms with Gasteiger partial charge in [0.1, 0.15) is 0 Å². The highest BCUT2D eigenvalue weighted by molar-refractivity contribution is 5.80. The molecule has 0 spiro atoms. The van der Waals surface area contributed by atoms with Crippen molar-refractivity contribution in [2.45, 2.75) is 76.7 Å². The number of nitrogens with one attached hydrogen (secondary N) is 2. The highest BCUT2D eigenvalue weighted by atomic mass is 16.2. The smallest absolute Gasteiger partial charge is 0.315 e. The van der Waals surface area contributed by atoms with Crippen LogP contribution in [-0.4, -0.2) is 36.0 Å². The Morgan fingerprint density at radius 3 is 2.67 bits per heavy atom. The Bertz CT molecular complexity index is 483. The molecule has 3 rings (SSSR count). The molecular formula is C19H31N3O2. The number of hydrogen-bond acceptors (Lipinski definition) is 2. The number of rotatable bonds is 4. The molecule has 1 unspecified atom stereocenters. The molecule has 1 atom stereocenters. The number of urea groups is 1. The van der Waals surface area contributed by atoms with Crippen molar-refractivity contribution >= 4 is 11.9 Å². The largest absolute Gasteiger partial charge is 0.338 e. The Morgan fingerprint density at radius 1 is 1.04 bits per heavy atom. The molecule has 0 aromatic rings. The standard InChI is InChI=1S/C19H31N3O2/c23-18(22-14-6-8-15-7-4-5-11-17(15)22)12-13-20-19(24)21-16-9-2-1-3-10-16/h11,15-16H,1-10,12-14H2,(H2,20,21,24). The number of nitrogens with zero attached hydrogens (tertiary/aromatic N) is 1. The third kappa shape index (κ3) is 4.52. The minimum absolute atomic E-state index is 0.122. The summed E-state index contributed by atoms with van der Waals surface area (Å²) in [6.07, 6.45) is 14.4. The SMILES string of the molecule is O=C(NCCC(=O)N1CCCC2CCCC=C21)NC1CCCCC1. The van der Waals surface area contributed by atoms with E-state index in [-0.39, 0.29) is 11.9 Å². The maximum absolute atomic E-state index is 12.5. The first-order valence-corrected chi connectivity index (χ1v) is 9.79. The first-order valence-electron chi connectivity index (χ1n) is 9.79. The van der Waals surface area contributed by atoms with Crippen LogP contribution in [0.25, 0.3) is 0 Å². The molecule has 0 aromatic carbocycles. The van der Waals surface area contributed by atoms with Crippen molar-refractivity contribution in [3.8, 4) is 0 Å². The number of carbonyl (C=O) groups excluding carboxylic acids is 2. The summed E-state index contributed by atoms with van der Waals surface area (Å²) >= 11 is 0. The number of allylic oxidation sites excluding steroid dienone is 2. The zero-order valence-corrected chi connectivity index (χ0v) is 14.7. The van der Waals surface area contributed by atoms with Crippen LogP contribution in [-0.2, 0) is 4.79 Å². The third-order valence-corrected chi connectivity index (χ3v) is 5.64. The first kappa shape index (κ1) is 17.3. The summed E-state index contributed by atoms with van der Waals surface area (Å²) in [5.74, 6) is 0.741. The van der Waals surface area contributed by atoms with Crippen LogP contribution < -0.4 is 10.6 Å². The number of carbonyl (C=O) groups is 2. The summed E-state index contributed by atoms with van der Waals surface area (Å²) < 4.78 is 0. The van der Waals surface area contributed by atoms with E-state index in [4.69, 9.17) is 0 Å². The Labute approximate surface area is 145 Å². The number of fused-ring (bicyclic) bond motifs is 1. The van der Waals surface area contributed by atoms with Gasteiger partial charge in [0.2, 0.25) is 5.91 Å². The summed E-state index contributed by atoms with van der Waals surface area (Å²) in [5.41, 5.74) is 1.25. The molecule has 134 valence electrons. The lowest BCUT2D eigenvalue weighted by atomic mass is 9.85. The predicted molar refractivity (Wildman–Crippen MR) is 94.4 cm³/mol. The van der Waals surface area contributed by atoms with Gasteiger partial charge in [-0.3, -0.25) is 4.79 Å². The minimum Gasteiger partial charge on any atom is -0.338 e. The highest BCUT2D eigenvalue weighted by Crippen LogP contribution is 2.35. The average Bonchev–Trinajstić information content (AvgIpc) is 2.62. The Kier molecular flexibility index (Phi) is 6.16. The minimum atomic E-state index is -0.122. The van der Waals surface area contributed by atoms with Crippen LogP contribution in [0.5, 0.6) is 0 Å². The van der Waals surface area contributed by atoms with Gasteiger partial charge in [-0.25, -0.2) is 4.79 Å². The lowest BCUT2D eigenvalue weighted by Gasteiger charge is -2.38. The van der Waals surface area contributed by atoms with E-state index in [0.29, 0.717) is 24.9 Å². The van der Waals surface area contributed by atoms with E-state index in [2.05, 4.69) is 16.7 Å². The van der Waals surface area contributed by atoms with Gasteiger partial charge in [-0.05, 0) is 50.9 Å². The lowest BCUT2D eigenvalue weighted by molar-refractivity contribution is -0.130. The van der Waals surface area contributed by atoms with Crippen LogP contribution in [0.1, 0.15) is 70.6 Å². The van der Waals surface area contributed by atoms with Crippen molar-refractivity contribution in [1.29, 1.82) is 0 Å². The molecule has 5 heteroatoms. The maximum Gasteiger partial charge on any atom is 0.315 e. The van der Waals surface area contributed by atoms with Gasteiger partial charge in [0.05, 0.1) is 0 Å². The Hall–Kier alpha value is -1.52. The summed E-state index contributed by atoms with van der Waals surface area (Å²) in [6.45, 7) is 1.27. The van der Waals surface area contributed by atoms with Gasteiger partial charge in [0.25, 0.3) is 0 Å². The van der Waals surface area contributed by atoms with E-state index in [9.17, 15) is 9.59 Å². The van der Waals surface area contributed by atoms with Crippen LogP contribution in [0.3, 0.4) is 0 Å². The maximum atomic E-state index is 12.5. The molecule has 24 heavy (non-hydrogen) atoms. The summed E-state index contributed by atoms with van der Waals surface area (Å²) in [5, 5.41) is 5.89. The van der Waals surface area contributed by atoms with E-state index in [1.165, 1.54) is 44.2 Å². The molecule has 0 aromatic heterocycles. The quantitative estimate of drug-likeness (QED) is 0.829. The van der Waals surface area contributed by atoms with Gasteiger partial charge in [-0.1, -0.05) is 25.3 Å². The Balaban J connectivity index is 1.40. The number of likely N-dealkylation sites (tertiary alicyclic amines) is 1. The number of amides is 3. The van der Waals surface area contributed by atoms with E-state index in [0.717, 1.165) is 32.2 Å². The summed E-state index contributed by atoms with van der Waals surface area (Å²) in [4.78, 5) is 26.5. The fourth-order valence-electron chi connectivity index (χ4n) is 4.35. The molecule has 3 amide bonds. The second-order valence-corrected chi connectivity index (χ2v) is 7.43. The molecule has 2 aliphatic carbocycles. The lowest BCUT2D eigenvalue weighted by Crippen LogP contribution is -2.44. The van der Waals surface area contributed by atoms with Gasteiger partial charge in [0, 0.05) is 31.2 Å². The fraction of sp³-hybridized carbons (Fsp3) is 0.789. The summed E-state index contributed by atoms with van der Waals surface area (Å²) in [6, 6.07) is 0.188. The van der Waals surface area contributed by atoms with Crippen LogP contribution >= 0.6 is 0 Å². The third-order valence-electron chi connectivity index (χ3n) is 5.64. The average molecular weight is 333 g/mol. The molecule has 1 saturated heterocycles. The molecule has 5 nitrogen and oxygen atoms in total. The monoisotopic (exact) mass is 333 g/mol. The fourth-order valence-corrected chi connectivity index (χ4v) is 4.35. The summed E-state index contributed by atoms with van der Waals surface area (Å²) in [7, 11) is 0. The molecule has 2 fully saturated rings. The van der Waals surface area contributed by atoms with Crippen LogP contribution in [0.15, 0.2) is 11.8 Å². The molecule has 1 saturated carbocycles. The molecule has 3 aliphatic rings. The normalized spacial score (nSPS) is 24.8. The van der Waals surface area contributed by atoms with Gasteiger partial charge < -0.3 is 15.5 Å². The highest BCUT2D eigenvalue weighted by Gasteiger charge is 2.29. The van der Waals surface area contributed by atoms with Gasteiger partial charge in [-0.2, -0.15) is 0 Å². The second kappa shape index (κ2) is 8.54. The second-order valence-electron chi connectivity index (χ2n) is 7.43. The van der Waals surface area contributed by atoms with Gasteiger partial charge in [0.15, 0.2) is 0 Å². The number of piperidine rings is 1. The molecule has 1 heterocycles. The van der Waals surface area contributed by atoms with Crippen molar-refractivity contribution in [2.75, 3.05) is 13.1 Å². The predicted octanol–water partition coefficient (Wildman–Crippen LogP) is 3.31. The zero-order valence-electron chi connectivity index (χ0n) is 14.7. The molecule has 0 radical (unpaired) electrons.